The van der Waals surface area contributed by atoms with Crippen molar-refractivity contribution in [1.82, 2.24) is 9.88 Å². The summed E-state index contributed by atoms with van der Waals surface area (Å²) >= 11 is 0. The monoisotopic (exact) mass is 381 g/mol. The fourth-order valence-electron chi connectivity index (χ4n) is 3.12. The lowest BCUT2D eigenvalue weighted by atomic mass is 9.88. The van der Waals surface area contributed by atoms with Gasteiger partial charge in [-0.05, 0) is 35.9 Å². The SMILES string of the molecule is CC(C)(C)C(CN(Cc1cccc(N)c1)C(=O)O)Oc1cccc2[nH]ccc12. The molecule has 0 radical (unpaired) electrons. The molecule has 148 valence electrons. The summed E-state index contributed by atoms with van der Waals surface area (Å²) in [4.78, 5) is 16.5. The highest BCUT2D eigenvalue weighted by molar-refractivity contribution is 5.85. The molecule has 1 aromatic heterocycles. The highest BCUT2D eigenvalue weighted by atomic mass is 16.5. The number of H-pyrrole nitrogens is 1. The van der Waals surface area contributed by atoms with Crippen LogP contribution in [0.4, 0.5) is 10.5 Å². The van der Waals surface area contributed by atoms with Crippen LogP contribution in [0.3, 0.4) is 0 Å². The summed E-state index contributed by atoms with van der Waals surface area (Å²) in [6.07, 6.45) is 0.553. The molecule has 0 aliphatic carbocycles. The van der Waals surface area contributed by atoms with E-state index in [9.17, 15) is 9.90 Å². The van der Waals surface area contributed by atoms with Crippen LogP contribution in [0.1, 0.15) is 26.3 Å². The Morgan fingerprint density at radius 2 is 1.96 bits per heavy atom. The average Bonchev–Trinajstić information content (AvgIpc) is 3.09. The zero-order valence-electron chi connectivity index (χ0n) is 16.5. The lowest BCUT2D eigenvalue weighted by Gasteiger charge is -2.35. The van der Waals surface area contributed by atoms with Crippen LogP contribution < -0.4 is 10.5 Å². The van der Waals surface area contributed by atoms with Gasteiger partial charge in [0.2, 0.25) is 0 Å². The van der Waals surface area contributed by atoms with Crippen LogP contribution in [-0.2, 0) is 6.54 Å². The fourth-order valence-corrected chi connectivity index (χ4v) is 3.12. The van der Waals surface area contributed by atoms with E-state index in [0.717, 1.165) is 22.2 Å². The van der Waals surface area contributed by atoms with Crippen LogP contribution in [0.25, 0.3) is 10.9 Å². The molecule has 3 aromatic rings. The summed E-state index contributed by atoms with van der Waals surface area (Å²) < 4.78 is 6.34. The fraction of sp³-hybridized carbons (Fsp3) is 0.318. The van der Waals surface area contributed by atoms with Gasteiger partial charge in [0.1, 0.15) is 11.9 Å². The van der Waals surface area contributed by atoms with Crippen molar-refractivity contribution in [1.29, 1.82) is 0 Å². The number of rotatable bonds is 6. The van der Waals surface area contributed by atoms with Crippen LogP contribution in [0, 0.1) is 5.41 Å². The number of carbonyl (C=O) groups is 1. The number of nitrogens with one attached hydrogen (secondary N) is 1. The van der Waals surface area contributed by atoms with Crippen molar-refractivity contribution in [2.45, 2.75) is 33.4 Å². The summed E-state index contributed by atoms with van der Waals surface area (Å²) in [6, 6.07) is 15.1. The number of amides is 1. The average molecular weight is 381 g/mol. The number of carboxylic acid groups (broad SMARTS) is 1. The lowest BCUT2D eigenvalue weighted by Crippen LogP contribution is -2.44. The topological polar surface area (TPSA) is 91.6 Å². The number of aromatic amines is 1. The number of aromatic nitrogens is 1. The third-order valence-corrected chi connectivity index (χ3v) is 4.77. The first-order chi connectivity index (χ1) is 13.2. The largest absolute Gasteiger partial charge is 0.487 e. The normalized spacial score (nSPS) is 12.7. The summed E-state index contributed by atoms with van der Waals surface area (Å²) in [5.41, 5.74) is 8.02. The number of ether oxygens (including phenoxy) is 1. The Bertz CT molecular complexity index is 959. The summed E-state index contributed by atoms with van der Waals surface area (Å²) in [6.45, 7) is 6.65. The third kappa shape index (κ3) is 4.57. The van der Waals surface area contributed by atoms with Gasteiger partial charge >= 0.3 is 6.09 Å². The van der Waals surface area contributed by atoms with Crippen molar-refractivity contribution in [2.24, 2.45) is 5.41 Å². The van der Waals surface area contributed by atoms with Gasteiger partial charge < -0.3 is 25.5 Å². The molecule has 0 bridgehead atoms. The van der Waals surface area contributed by atoms with Crippen LogP contribution in [0.5, 0.6) is 5.75 Å². The minimum atomic E-state index is -0.986. The van der Waals surface area contributed by atoms with E-state index in [1.54, 1.807) is 12.1 Å². The molecule has 0 fully saturated rings. The molecule has 0 saturated carbocycles. The highest BCUT2D eigenvalue weighted by Crippen LogP contribution is 2.31. The molecule has 3 rings (SSSR count). The molecular formula is C22H27N3O3. The van der Waals surface area contributed by atoms with Gasteiger partial charge in [0.05, 0.1) is 6.54 Å². The maximum Gasteiger partial charge on any atom is 0.407 e. The third-order valence-electron chi connectivity index (χ3n) is 4.77. The first-order valence-electron chi connectivity index (χ1n) is 9.29. The van der Waals surface area contributed by atoms with Gasteiger partial charge in [-0.15, -0.1) is 0 Å². The Hall–Kier alpha value is -3.15. The quantitative estimate of drug-likeness (QED) is 0.539. The van der Waals surface area contributed by atoms with Crippen molar-refractivity contribution >= 4 is 22.7 Å². The van der Waals surface area contributed by atoms with E-state index in [1.807, 2.05) is 42.6 Å². The first kappa shape index (κ1) is 19.6. The maximum atomic E-state index is 11.9. The molecule has 1 heterocycles. The maximum absolute atomic E-state index is 11.9. The van der Waals surface area contributed by atoms with Gasteiger partial charge in [-0.1, -0.05) is 39.0 Å². The molecule has 4 N–H and O–H groups in total. The molecule has 6 heteroatoms. The number of nitrogen functional groups attached to an aromatic ring is 1. The lowest BCUT2D eigenvalue weighted by molar-refractivity contribution is 0.0469. The van der Waals surface area contributed by atoms with Gasteiger partial charge in [-0.3, -0.25) is 0 Å². The summed E-state index contributed by atoms with van der Waals surface area (Å²) in [7, 11) is 0. The Labute approximate surface area is 164 Å². The van der Waals surface area contributed by atoms with Crippen LogP contribution in [0.2, 0.25) is 0 Å². The molecule has 1 unspecified atom stereocenters. The predicted octanol–water partition coefficient (Wildman–Crippen LogP) is 4.72. The van der Waals surface area contributed by atoms with Crippen LogP contribution in [0.15, 0.2) is 54.7 Å². The standard InChI is InChI=1S/C22H27N3O3/c1-22(2,3)20(28-19-9-5-8-18-17(19)10-11-24-18)14-25(21(26)27)13-15-6-4-7-16(23)12-15/h4-12,20,24H,13-14,23H2,1-3H3,(H,26,27). The van der Waals surface area contributed by atoms with E-state index in [4.69, 9.17) is 10.5 Å². The predicted molar refractivity (Wildman–Crippen MR) is 111 cm³/mol. The van der Waals surface area contributed by atoms with Gasteiger partial charge in [-0.25, -0.2) is 4.79 Å². The highest BCUT2D eigenvalue weighted by Gasteiger charge is 2.31. The molecule has 1 atom stereocenters. The van der Waals surface area contributed by atoms with Gasteiger partial charge in [0, 0.05) is 34.7 Å². The Morgan fingerprint density at radius 1 is 1.21 bits per heavy atom. The molecule has 2 aromatic carbocycles. The van der Waals surface area contributed by atoms with Gasteiger partial charge in [-0.2, -0.15) is 0 Å². The zero-order valence-corrected chi connectivity index (χ0v) is 16.5. The van der Waals surface area contributed by atoms with E-state index < -0.39 is 6.09 Å². The minimum absolute atomic E-state index is 0.244. The van der Waals surface area contributed by atoms with Crippen LogP contribution >= 0.6 is 0 Å². The second-order valence-corrected chi connectivity index (χ2v) is 8.08. The Kier molecular flexibility index (Phi) is 5.49. The van der Waals surface area contributed by atoms with Crippen molar-refractivity contribution < 1.29 is 14.6 Å². The van der Waals surface area contributed by atoms with Gasteiger partial charge in [0.15, 0.2) is 0 Å². The molecule has 0 aliphatic heterocycles. The molecule has 0 spiro atoms. The molecule has 0 saturated heterocycles. The van der Waals surface area contributed by atoms with E-state index in [0.29, 0.717) is 5.69 Å². The molecule has 28 heavy (non-hydrogen) atoms. The van der Waals surface area contributed by atoms with Crippen LogP contribution in [-0.4, -0.2) is 33.7 Å². The first-order valence-corrected chi connectivity index (χ1v) is 9.29. The smallest absolute Gasteiger partial charge is 0.407 e. The van der Waals surface area contributed by atoms with E-state index in [-0.39, 0.29) is 24.6 Å². The number of anilines is 1. The van der Waals surface area contributed by atoms with Crippen molar-refractivity contribution in [3.8, 4) is 5.75 Å². The molecular weight excluding hydrogens is 354 g/mol. The van der Waals surface area contributed by atoms with E-state index in [2.05, 4.69) is 25.8 Å². The van der Waals surface area contributed by atoms with Gasteiger partial charge in [0.25, 0.3) is 0 Å². The van der Waals surface area contributed by atoms with Crippen molar-refractivity contribution in [3.05, 3.63) is 60.3 Å². The Balaban J connectivity index is 1.84. The Morgan fingerprint density at radius 3 is 2.64 bits per heavy atom. The number of hydrogen-bond acceptors (Lipinski definition) is 3. The second kappa shape index (κ2) is 7.84. The number of benzene rings is 2. The van der Waals surface area contributed by atoms with Crippen molar-refractivity contribution in [3.63, 3.8) is 0 Å². The van der Waals surface area contributed by atoms with Crippen molar-refractivity contribution in [2.75, 3.05) is 12.3 Å². The number of fused-ring (bicyclic) bond motifs is 1. The number of nitrogens with two attached hydrogens (primary N) is 1. The second-order valence-electron chi connectivity index (χ2n) is 8.08. The number of hydrogen-bond donors (Lipinski definition) is 3. The molecule has 1 amide bonds. The number of nitrogens with zero attached hydrogens (tertiary/aromatic N) is 1. The van der Waals surface area contributed by atoms with E-state index in [1.165, 1.54) is 4.90 Å². The minimum Gasteiger partial charge on any atom is -0.487 e. The summed E-state index contributed by atoms with van der Waals surface area (Å²) in [5, 5.41) is 10.7. The van der Waals surface area contributed by atoms with E-state index >= 15 is 0 Å². The zero-order chi connectivity index (χ0) is 20.3. The molecule has 6 nitrogen and oxygen atoms in total. The summed E-state index contributed by atoms with van der Waals surface area (Å²) in [5.74, 6) is 0.743. The molecule has 0 aliphatic rings.